The molecule has 1 fully saturated rings. The van der Waals surface area contributed by atoms with Gasteiger partial charge < -0.3 is 16.0 Å². The van der Waals surface area contributed by atoms with Crippen molar-refractivity contribution in [3.63, 3.8) is 0 Å². The number of halogens is 1. The molecule has 6 heteroatoms. The van der Waals surface area contributed by atoms with Gasteiger partial charge in [0, 0.05) is 24.3 Å². The van der Waals surface area contributed by atoms with Crippen LogP contribution in [0.4, 0.5) is 11.4 Å². The predicted molar refractivity (Wildman–Crippen MR) is 86.7 cm³/mol. The molecule has 0 saturated carbocycles. The number of carbonyl (C=O) groups excluding carboxylic acids is 2. The van der Waals surface area contributed by atoms with Gasteiger partial charge in [-0.2, -0.15) is 0 Å². The van der Waals surface area contributed by atoms with E-state index in [1.807, 2.05) is 26.0 Å². The molecule has 1 atom stereocenters. The molecule has 0 radical (unpaired) electrons. The first kappa shape index (κ1) is 17.5. The van der Waals surface area contributed by atoms with Gasteiger partial charge in [-0.25, -0.2) is 0 Å². The molecule has 2 amide bonds. The summed E-state index contributed by atoms with van der Waals surface area (Å²) in [5.41, 5.74) is 7.36. The van der Waals surface area contributed by atoms with Crippen molar-refractivity contribution < 1.29 is 9.59 Å². The van der Waals surface area contributed by atoms with Crippen LogP contribution in [0.3, 0.4) is 0 Å². The molecule has 21 heavy (non-hydrogen) atoms. The second kappa shape index (κ2) is 7.43. The third-order valence-corrected chi connectivity index (χ3v) is 3.54. The average molecular weight is 312 g/mol. The lowest BCUT2D eigenvalue weighted by Crippen LogP contribution is -2.39. The SMILES string of the molecule is CC(C)[C@H](N)C(=O)Nc1ccc(N2CCCC2=O)cc1.Cl. The fraction of sp³-hybridized carbons (Fsp3) is 0.467. The Bertz CT molecular complexity index is 502. The van der Waals surface area contributed by atoms with Crippen LogP contribution in [0.1, 0.15) is 26.7 Å². The molecule has 1 heterocycles. The first-order valence-electron chi connectivity index (χ1n) is 6.96. The summed E-state index contributed by atoms with van der Waals surface area (Å²) in [6, 6.07) is 6.77. The highest BCUT2D eigenvalue weighted by atomic mass is 35.5. The first-order valence-corrected chi connectivity index (χ1v) is 6.96. The van der Waals surface area contributed by atoms with E-state index in [0.29, 0.717) is 12.1 Å². The Morgan fingerprint density at radius 2 is 1.90 bits per heavy atom. The molecule has 1 saturated heterocycles. The van der Waals surface area contributed by atoms with Crippen molar-refractivity contribution in [1.29, 1.82) is 0 Å². The predicted octanol–water partition coefficient (Wildman–Crippen LogP) is 2.16. The summed E-state index contributed by atoms with van der Waals surface area (Å²) in [5.74, 6) is 0.0603. The van der Waals surface area contributed by atoms with Gasteiger partial charge in [-0.15, -0.1) is 12.4 Å². The zero-order valence-corrected chi connectivity index (χ0v) is 13.2. The molecular formula is C15H22ClN3O2. The van der Waals surface area contributed by atoms with Crippen molar-refractivity contribution in [3.8, 4) is 0 Å². The van der Waals surface area contributed by atoms with E-state index < -0.39 is 6.04 Å². The fourth-order valence-corrected chi connectivity index (χ4v) is 2.17. The maximum absolute atomic E-state index is 11.8. The van der Waals surface area contributed by atoms with Crippen LogP contribution < -0.4 is 16.0 Å². The van der Waals surface area contributed by atoms with Crippen LogP contribution in [0.2, 0.25) is 0 Å². The minimum absolute atomic E-state index is 0. The highest BCUT2D eigenvalue weighted by Crippen LogP contribution is 2.23. The summed E-state index contributed by atoms with van der Waals surface area (Å²) < 4.78 is 0. The topological polar surface area (TPSA) is 75.4 Å². The van der Waals surface area contributed by atoms with Gasteiger partial charge in [0.05, 0.1) is 6.04 Å². The summed E-state index contributed by atoms with van der Waals surface area (Å²) in [5, 5.41) is 2.78. The van der Waals surface area contributed by atoms with Crippen LogP contribution in [0.15, 0.2) is 24.3 Å². The standard InChI is InChI=1S/C15H21N3O2.ClH/c1-10(2)14(16)15(20)17-11-5-7-12(8-6-11)18-9-3-4-13(18)19;/h5-8,10,14H,3-4,9,16H2,1-2H3,(H,17,20);1H/t14-;/m0./s1. The van der Waals surface area contributed by atoms with E-state index >= 15 is 0 Å². The third kappa shape index (κ3) is 4.19. The molecule has 0 aliphatic carbocycles. The molecule has 0 aromatic heterocycles. The van der Waals surface area contributed by atoms with Crippen LogP contribution in [0.25, 0.3) is 0 Å². The largest absolute Gasteiger partial charge is 0.325 e. The molecule has 1 aromatic carbocycles. The molecule has 0 unspecified atom stereocenters. The number of benzene rings is 1. The van der Waals surface area contributed by atoms with Crippen LogP contribution in [0.5, 0.6) is 0 Å². The highest BCUT2D eigenvalue weighted by Gasteiger charge is 2.21. The lowest BCUT2D eigenvalue weighted by atomic mass is 10.0. The Balaban J connectivity index is 0.00000220. The van der Waals surface area contributed by atoms with Gasteiger partial charge in [-0.05, 0) is 36.6 Å². The van der Waals surface area contributed by atoms with Crippen molar-refractivity contribution in [2.24, 2.45) is 11.7 Å². The average Bonchev–Trinajstić information content (AvgIpc) is 2.85. The summed E-state index contributed by atoms with van der Waals surface area (Å²) >= 11 is 0. The van der Waals surface area contributed by atoms with Gasteiger partial charge in [0.15, 0.2) is 0 Å². The Morgan fingerprint density at radius 3 is 2.38 bits per heavy atom. The molecule has 0 bridgehead atoms. The highest BCUT2D eigenvalue weighted by molar-refractivity contribution is 5.97. The van der Waals surface area contributed by atoms with E-state index in [1.54, 1.807) is 17.0 Å². The number of hydrogen-bond acceptors (Lipinski definition) is 3. The number of carbonyl (C=O) groups is 2. The van der Waals surface area contributed by atoms with Crippen LogP contribution in [-0.4, -0.2) is 24.4 Å². The summed E-state index contributed by atoms with van der Waals surface area (Å²) in [7, 11) is 0. The molecule has 3 N–H and O–H groups in total. The fourth-order valence-electron chi connectivity index (χ4n) is 2.17. The molecule has 1 aliphatic heterocycles. The summed E-state index contributed by atoms with van der Waals surface area (Å²) in [6.45, 7) is 4.58. The number of amides is 2. The van der Waals surface area contributed by atoms with E-state index in [1.165, 1.54) is 0 Å². The zero-order valence-electron chi connectivity index (χ0n) is 12.3. The quantitative estimate of drug-likeness (QED) is 0.894. The van der Waals surface area contributed by atoms with Crippen molar-refractivity contribution >= 4 is 35.6 Å². The Hall–Kier alpha value is -1.59. The van der Waals surface area contributed by atoms with Gasteiger partial charge in [-0.1, -0.05) is 13.8 Å². The summed E-state index contributed by atoms with van der Waals surface area (Å²) in [6.07, 6.45) is 1.52. The molecule has 1 aromatic rings. The number of nitrogens with one attached hydrogen (secondary N) is 1. The number of nitrogens with zero attached hydrogens (tertiary/aromatic N) is 1. The minimum atomic E-state index is -0.519. The number of rotatable bonds is 4. The number of anilines is 2. The molecule has 2 rings (SSSR count). The molecular weight excluding hydrogens is 290 g/mol. The Morgan fingerprint density at radius 1 is 1.29 bits per heavy atom. The van der Waals surface area contributed by atoms with Crippen LogP contribution in [-0.2, 0) is 9.59 Å². The van der Waals surface area contributed by atoms with Crippen molar-refractivity contribution in [1.82, 2.24) is 0 Å². The van der Waals surface area contributed by atoms with E-state index in [2.05, 4.69) is 5.32 Å². The van der Waals surface area contributed by atoms with Crippen molar-refractivity contribution in [2.45, 2.75) is 32.7 Å². The molecule has 0 spiro atoms. The maximum Gasteiger partial charge on any atom is 0.241 e. The molecule has 116 valence electrons. The van der Waals surface area contributed by atoms with Crippen molar-refractivity contribution in [3.05, 3.63) is 24.3 Å². The second-order valence-electron chi connectivity index (χ2n) is 5.45. The Kier molecular flexibility index (Phi) is 6.18. The number of nitrogens with two attached hydrogens (primary N) is 1. The number of hydrogen-bond donors (Lipinski definition) is 2. The summed E-state index contributed by atoms with van der Waals surface area (Å²) in [4.78, 5) is 25.3. The van der Waals surface area contributed by atoms with Crippen LogP contribution >= 0.6 is 12.4 Å². The third-order valence-electron chi connectivity index (χ3n) is 3.54. The van der Waals surface area contributed by atoms with Crippen molar-refractivity contribution in [2.75, 3.05) is 16.8 Å². The van der Waals surface area contributed by atoms with E-state index in [9.17, 15) is 9.59 Å². The van der Waals surface area contributed by atoms with Gasteiger partial charge in [-0.3, -0.25) is 9.59 Å². The smallest absolute Gasteiger partial charge is 0.241 e. The van der Waals surface area contributed by atoms with Gasteiger partial charge in [0.25, 0.3) is 0 Å². The van der Waals surface area contributed by atoms with Gasteiger partial charge in [0.2, 0.25) is 11.8 Å². The van der Waals surface area contributed by atoms with E-state index in [-0.39, 0.29) is 30.1 Å². The zero-order chi connectivity index (χ0) is 14.7. The maximum atomic E-state index is 11.8. The minimum Gasteiger partial charge on any atom is -0.325 e. The van der Waals surface area contributed by atoms with E-state index in [4.69, 9.17) is 5.73 Å². The first-order chi connectivity index (χ1) is 9.49. The lowest BCUT2D eigenvalue weighted by Gasteiger charge is -2.17. The lowest BCUT2D eigenvalue weighted by molar-refractivity contribution is -0.118. The van der Waals surface area contributed by atoms with E-state index in [0.717, 1.165) is 18.7 Å². The van der Waals surface area contributed by atoms with Gasteiger partial charge in [0.1, 0.15) is 0 Å². The molecule has 5 nitrogen and oxygen atoms in total. The van der Waals surface area contributed by atoms with Gasteiger partial charge >= 0.3 is 0 Å². The monoisotopic (exact) mass is 311 g/mol. The molecule has 1 aliphatic rings. The normalized spacial score (nSPS) is 15.8. The second-order valence-corrected chi connectivity index (χ2v) is 5.45. The Labute approximate surface area is 131 Å². The van der Waals surface area contributed by atoms with Crippen LogP contribution in [0, 0.1) is 5.92 Å².